The molecule has 0 aromatic rings. The number of methoxy groups -OCH3 is 1. The molecule has 0 radical (unpaired) electrons. The molecule has 0 atom stereocenters. The van der Waals surface area contributed by atoms with Crippen LogP contribution in [0.4, 0.5) is 4.79 Å². The molecule has 19 heavy (non-hydrogen) atoms. The van der Waals surface area contributed by atoms with E-state index in [1.165, 1.54) is 0 Å². The van der Waals surface area contributed by atoms with Crippen molar-refractivity contribution in [2.24, 2.45) is 0 Å². The standard InChI is InChI=1S/C11H16N2O6/c1-4-5-12-11(18)13-8(14)7(9(15)16)6(2)10(17)19-3/h4-5H2,1-3H3,(H,15,16)(H2,12,13,14,18). The molecule has 0 aromatic heterocycles. The summed E-state index contributed by atoms with van der Waals surface area (Å²) in [5.74, 6) is -3.76. The topological polar surface area (TPSA) is 122 Å². The Balaban J connectivity index is 5.02. The Kier molecular flexibility index (Phi) is 6.87. The molecule has 0 aromatic carbocycles. The molecule has 0 spiro atoms. The molecule has 0 aliphatic carbocycles. The number of ether oxygens (including phenoxy) is 1. The van der Waals surface area contributed by atoms with Gasteiger partial charge in [-0.05, 0) is 13.3 Å². The van der Waals surface area contributed by atoms with Crippen LogP contribution >= 0.6 is 0 Å². The monoisotopic (exact) mass is 272 g/mol. The SMILES string of the molecule is CCCNC(=O)NC(=O)C(C(=O)O)=C(C)C(=O)OC. The lowest BCUT2D eigenvalue weighted by Gasteiger charge is -2.08. The molecule has 0 aliphatic heterocycles. The molecule has 0 saturated heterocycles. The van der Waals surface area contributed by atoms with Crippen molar-refractivity contribution in [1.29, 1.82) is 0 Å². The first-order valence-corrected chi connectivity index (χ1v) is 5.46. The molecule has 0 saturated carbocycles. The maximum atomic E-state index is 11.6. The fourth-order valence-electron chi connectivity index (χ4n) is 1.13. The third-order valence-electron chi connectivity index (χ3n) is 2.07. The summed E-state index contributed by atoms with van der Waals surface area (Å²) < 4.78 is 4.32. The number of carbonyl (C=O) groups excluding carboxylic acids is 3. The minimum Gasteiger partial charge on any atom is -0.477 e. The van der Waals surface area contributed by atoms with Crippen LogP contribution in [0.5, 0.6) is 0 Å². The number of rotatable bonds is 5. The highest BCUT2D eigenvalue weighted by molar-refractivity contribution is 6.22. The lowest BCUT2D eigenvalue weighted by Crippen LogP contribution is -2.42. The normalized spacial score (nSPS) is 11.1. The zero-order chi connectivity index (χ0) is 15.0. The van der Waals surface area contributed by atoms with E-state index in [0.29, 0.717) is 13.0 Å². The van der Waals surface area contributed by atoms with E-state index in [1.807, 2.05) is 12.2 Å². The molecule has 8 nitrogen and oxygen atoms in total. The van der Waals surface area contributed by atoms with Gasteiger partial charge in [-0.1, -0.05) is 6.92 Å². The summed E-state index contributed by atoms with van der Waals surface area (Å²) >= 11 is 0. The second-order valence-electron chi connectivity index (χ2n) is 3.51. The summed E-state index contributed by atoms with van der Waals surface area (Å²) in [6, 6.07) is -0.830. The first-order chi connectivity index (χ1) is 8.84. The number of hydrogen-bond donors (Lipinski definition) is 3. The Morgan fingerprint density at radius 2 is 1.79 bits per heavy atom. The summed E-state index contributed by atoms with van der Waals surface area (Å²) in [5, 5.41) is 13.0. The smallest absolute Gasteiger partial charge is 0.341 e. The largest absolute Gasteiger partial charge is 0.477 e. The van der Waals surface area contributed by atoms with Crippen molar-refractivity contribution in [3.63, 3.8) is 0 Å². The van der Waals surface area contributed by atoms with E-state index in [9.17, 15) is 19.2 Å². The zero-order valence-corrected chi connectivity index (χ0v) is 10.9. The van der Waals surface area contributed by atoms with Crippen molar-refractivity contribution in [1.82, 2.24) is 10.6 Å². The van der Waals surface area contributed by atoms with Gasteiger partial charge >= 0.3 is 18.0 Å². The summed E-state index contributed by atoms with van der Waals surface area (Å²) in [7, 11) is 1.05. The number of amides is 3. The number of urea groups is 1. The van der Waals surface area contributed by atoms with Crippen LogP contribution in [0.15, 0.2) is 11.1 Å². The van der Waals surface area contributed by atoms with E-state index in [1.54, 1.807) is 0 Å². The number of nitrogens with one attached hydrogen (secondary N) is 2. The van der Waals surface area contributed by atoms with Crippen molar-refractivity contribution in [3.05, 3.63) is 11.1 Å². The first-order valence-electron chi connectivity index (χ1n) is 5.46. The second kappa shape index (κ2) is 7.85. The molecule has 0 fully saturated rings. The van der Waals surface area contributed by atoms with Crippen LogP contribution in [0.3, 0.4) is 0 Å². The summed E-state index contributed by atoms with van der Waals surface area (Å²) in [4.78, 5) is 45.0. The minimum atomic E-state index is -1.62. The maximum absolute atomic E-state index is 11.6. The molecule has 8 heteroatoms. The van der Waals surface area contributed by atoms with Gasteiger partial charge in [0.05, 0.1) is 12.7 Å². The number of imide groups is 1. The van der Waals surface area contributed by atoms with Gasteiger partial charge < -0.3 is 15.2 Å². The molecule has 0 heterocycles. The Labute approximate surface area is 109 Å². The van der Waals surface area contributed by atoms with Gasteiger partial charge in [0.25, 0.3) is 5.91 Å². The number of carboxylic acids is 1. The van der Waals surface area contributed by atoms with Crippen LogP contribution in [0.25, 0.3) is 0 Å². The second-order valence-corrected chi connectivity index (χ2v) is 3.51. The fraction of sp³-hybridized carbons (Fsp3) is 0.455. The summed E-state index contributed by atoms with van der Waals surface area (Å²) in [6.45, 7) is 3.27. The van der Waals surface area contributed by atoms with E-state index < -0.39 is 35.0 Å². The zero-order valence-electron chi connectivity index (χ0n) is 10.9. The highest BCUT2D eigenvalue weighted by atomic mass is 16.5. The average Bonchev–Trinajstić information content (AvgIpc) is 2.34. The van der Waals surface area contributed by atoms with Gasteiger partial charge in [-0.25, -0.2) is 14.4 Å². The van der Waals surface area contributed by atoms with Gasteiger partial charge in [0, 0.05) is 6.54 Å². The molecule has 106 valence electrons. The molecule has 0 bridgehead atoms. The van der Waals surface area contributed by atoms with Crippen LogP contribution in [-0.2, 0) is 19.1 Å². The molecule has 3 amide bonds. The number of hydrogen-bond acceptors (Lipinski definition) is 5. The number of carboxylic acid groups (broad SMARTS) is 1. The van der Waals surface area contributed by atoms with E-state index in [2.05, 4.69) is 10.1 Å². The van der Waals surface area contributed by atoms with Crippen LogP contribution in [0.1, 0.15) is 20.3 Å². The third kappa shape index (κ3) is 5.19. The molecule has 3 N–H and O–H groups in total. The van der Waals surface area contributed by atoms with Gasteiger partial charge in [0.15, 0.2) is 0 Å². The molecule has 0 rings (SSSR count). The van der Waals surface area contributed by atoms with Gasteiger partial charge in [-0.2, -0.15) is 0 Å². The third-order valence-corrected chi connectivity index (χ3v) is 2.07. The lowest BCUT2D eigenvalue weighted by atomic mass is 10.1. The van der Waals surface area contributed by atoms with Gasteiger partial charge in [-0.15, -0.1) is 0 Å². The van der Waals surface area contributed by atoms with Crippen LogP contribution < -0.4 is 10.6 Å². The Hall–Kier alpha value is -2.38. The van der Waals surface area contributed by atoms with E-state index >= 15 is 0 Å². The van der Waals surface area contributed by atoms with Gasteiger partial charge in [0.1, 0.15) is 5.57 Å². The van der Waals surface area contributed by atoms with Crippen molar-refractivity contribution >= 4 is 23.9 Å². The highest BCUT2D eigenvalue weighted by Crippen LogP contribution is 2.06. The van der Waals surface area contributed by atoms with Gasteiger partial charge in [0.2, 0.25) is 0 Å². The lowest BCUT2D eigenvalue weighted by molar-refractivity contribution is -0.139. The van der Waals surface area contributed by atoms with Crippen LogP contribution in [-0.4, -0.2) is 42.6 Å². The first kappa shape index (κ1) is 16.6. The number of esters is 1. The van der Waals surface area contributed by atoms with E-state index in [4.69, 9.17) is 5.11 Å². The Bertz CT molecular complexity index is 427. The van der Waals surface area contributed by atoms with E-state index in [-0.39, 0.29) is 0 Å². The van der Waals surface area contributed by atoms with Crippen molar-refractivity contribution < 1.29 is 29.0 Å². The molecular weight excluding hydrogens is 256 g/mol. The molecule has 0 aliphatic rings. The summed E-state index contributed by atoms with van der Waals surface area (Å²) in [6.07, 6.45) is 0.657. The quantitative estimate of drug-likeness (QED) is 0.276. The predicted molar refractivity (Wildman–Crippen MR) is 64.2 cm³/mol. The van der Waals surface area contributed by atoms with Gasteiger partial charge in [-0.3, -0.25) is 10.1 Å². The minimum absolute atomic E-state index is 0.335. The van der Waals surface area contributed by atoms with Crippen LogP contribution in [0, 0.1) is 0 Å². The predicted octanol–water partition coefficient (Wildman–Crippen LogP) is -0.204. The Morgan fingerprint density at radius 3 is 2.21 bits per heavy atom. The average molecular weight is 272 g/mol. The maximum Gasteiger partial charge on any atom is 0.341 e. The number of carbonyl (C=O) groups is 4. The van der Waals surface area contributed by atoms with Crippen molar-refractivity contribution in [2.45, 2.75) is 20.3 Å². The summed E-state index contributed by atoms with van der Waals surface area (Å²) in [5.41, 5.74) is -1.23. The van der Waals surface area contributed by atoms with Crippen molar-refractivity contribution in [2.75, 3.05) is 13.7 Å². The van der Waals surface area contributed by atoms with Crippen LogP contribution in [0.2, 0.25) is 0 Å². The Morgan fingerprint density at radius 1 is 1.21 bits per heavy atom. The highest BCUT2D eigenvalue weighted by Gasteiger charge is 2.25. The molecule has 0 unspecified atom stereocenters. The van der Waals surface area contributed by atoms with Crippen molar-refractivity contribution in [3.8, 4) is 0 Å². The number of aliphatic carboxylic acids is 1. The fourth-order valence-corrected chi connectivity index (χ4v) is 1.13. The van der Waals surface area contributed by atoms with E-state index in [0.717, 1.165) is 14.0 Å². The molecular formula is C11H16N2O6.